The van der Waals surface area contributed by atoms with Gasteiger partial charge in [-0.15, -0.1) is 0 Å². The molecule has 2 atom stereocenters. The number of carbonyl (C=O) groups excluding carboxylic acids is 1. The Bertz CT molecular complexity index is 578. The Morgan fingerprint density at radius 1 is 1.38 bits per heavy atom. The third-order valence-corrected chi connectivity index (χ3v) is 4.74. The van der Waals surface area contributed by atoms with Crippen LogP contribution in [0.5, 0.6) is 0 Å². The molecule has 1 amide bonds. The largest absolute Gasteiger partial charge is 0.336 e. The quantitative estimate of drug-likeness (QED) is 0.810. The molecule has 2 unspecified atom stereocenters. The molecule has 2 N–H and O–H groups in total. The molecule has 3 nitrogen and oxygen atoms in total. The molecule has 1 fully saturated rings. The number of thioether (sulfide) groups is 1. The number of nitrogens with zero attached hydrogens (tertiary/aromatic N) is 1. The number of rotatable bonds is 1. The van der Waals surface area contributed by atoms with Gasteiger partial charge in [0.15, 0.2) is 0 Å². The average Bonchev–Trinajstić information content (AvgIpc) is 2.44. The molecule has 112 valence electrons. The van der Waals surface area contributed by atoms with Crippen molar-refractivity contribution in [2.45, 2.75) is 31.3 Å². The van der Waals surface area contributed by atoms with Crippen LogP contribution in [0.1, 0.15) is 35.3 Å². The summed E-state index contributed by atoms with van der Waals surface area (Å²) >= 11 is 1.95. The van der Waals surface area contributed by atoms with E-state index in [1.54, 1.807) is 0 Å². The predicted octanol–water partition coefficient (Wildman–Crippen LogP) is 2.27. The summed E-state index contributed by atoms with van der Waals surface area (Å²) in [5.41, 5.74) is 8.00. The van der Waals surface area contributed by atoms with Gasteiger partial charge in [0.2, 0.25) is 0 Å². The molecule has 0 radical (unpaired) electrons. The topological polar surface area (TPSA) is 46.3 Å². The van der Waals surface area contributed by atoms with Gasteiger partial charge in [-0.1, -0.05) is 31.8 Å². The second-order valence-corrected chi connectivity index (χ2v) is 7.38. The van der Waals surface area contributed by atoms with Crippen molar-refractivity contribution < 1.29 is 4.79 Å². The molecule has 0 bridgehead atoms. The third-order valence-electron chi connectivity index (χ3n) is 3.51. The summed E-state index contributed by atoms with van der Waals surface area (Å²) in [5, 5.41) is 0.969. The van der Waals surface area contributed by atoms with E-state index in [1.807, 2.05) is 41.8 Å². The van der Waals surface area contributed by atoms with Crippen LogP contribution in [-0.2, 0) is 0 Å². The van der Waals surface area contributed by atoms with E-state index in [4.69, 9.17) is 5.73 Å². The molecule has 21 heavy (non-hydrogen) atoms. The van der Waals surface area contributed by atoms with E-state index >= 15 is 0 Å². The van der Waals surface area contributed by atoms with Crippen LogP contribution in [-0.4, -0.2) is 40.9 Å². The minimum atomic E-state index is 0.114. The van der Waals surface area contributed by atoms with Crippen molar-refractivity contribution in [3.63, 3.8) is 0 Å². The predicted molar refractivity (Wildman–Crippen MR) is 89.5 cm³/mol. The molecule has 1 aliphatic heterocycles. The van der Waals surface area contributed by atoms with Crippen molar-refractivity contribution in [3.8, 4) is 11.8 Å². The normalized spacial score (nSPS) is 21.6. The molecular weight excluding hydrogens is 280 g/mol. The van der Waals surface area contributed by atoms with Gasteiger partial charge < -0.3 is 10.6 Å². The average molecular weight is 302 g/mol. The standard InChI is InChI=1S/C17H22N2OS/c1-12-6-7-15(5-4-8-18)9-16(12)17(20)19-10-13(2)21-14(3)11-19/h6-7,9,13-14H,8,10-11,18H2,1-3H3. The summed E-state index contributed by atoms with van der Waals surface area (Å²) in [6.45, 7) is 8.28. The van der Waals surface area contributed by atoms with Gasteiger partial charge in [0.1, 0.15) is 0 Å². The Kier molecular flexibility index (Phi) is 5.33. The van der Waals surface area contributed by atoms with E-state index in [0.717, 1.165) is 29.8 Å². The number of amides is 1. The van der Waals surface area contributed by atoms with Gasteiger partial charge in [-0.25, -0.2) is 0 Å². The summed E-state index contributed by atoms with van der Waals surface area (Å²) in [7, 11) is 0. The molecule has 2 rings (SSSR count). The van der Waals surface area contributed by atoms with Crippen LogP contribution >= 0.6 is 11.8 Å². The third kappa shape index (κ3) is 4.03. The Balaban J connectivity index is 2.25. The Morgan fingerprint density at radius 3 is 2.67 bits per heavy atom. The summed E-state index contributed by atoms with van der Waals surface area (Å²) in [6, 6.07) is 5.78. The number of carbonyl (C=O) groups is 1. The van der Waals surface area contributed by atoms with Gasteiger partial charge in [0.05, 0.1) is 6.54 Å². The van der Waals surface area contributed by atoms with Crippen molar-refractivity contribution >= 4 is 17.7 Å². The highest BCUT2D eigenvalue weighted by atomic mass is 32.2. The van der Waals surface area contributed by atoms with Crippen molar-refractivity contribution in [1.82, 2.24) is 4.90 Å². The molecule has 1 saturated heterocycles. The molecule has 0 spiro atoms. The highest BCUT2D eigenvalue weighted by molar-refractivity contribution is 8.00. The lowest BCUT2D eigenvalue weighted by atomic mass is 10.0. The molecule has 0 aliphatic carbocycles. The monoisotopic (exact) mass is 302 g/mol. The first-order chi connectivity index (χ1) is 10.0. The fourth-order valence-corrected chi connectivity index (χ4v) is 3.92. The molecule has 1 aromatic rings. The van der Waals surface area contributed by atoms with E-state index in [0.29, 0.717) is 17.0 Å². The van der Waals surface area contributed by atoms with Crippen LogP contribution in [0.2, 0.25) is 0 Å². The smallest absolute Gasteiger partial charge is 0.254 e. The molecule has 1 heterocycles. The van der Waals surface area contributed by atoms with Crippen LogP contribution in [0, 0.1) is 18.8 Å². The molecule has 0 aromatic heterocycles. The summed E-state index contributed by atoms with van der Waals surface area (Å²) in [4.78, 5) is 14.7. The summed E-state index contributed by atoms with van der Waals surface area (Å²) in [5.74, 6) is 5.94. The van der Waals surface area contributed by atoms with Gasteiger partial charge >= 0.3 is 0 Å². The van der Waals surface area contributed by atoms with E-state index in [2.05, 4.69) is 25.7 Å². The second-order valence-electron chi connectivity index (χ2n) is 5.50. The zero-order chi connectivity index (χ0) is 15.4. The zero-order valence-corrected chi connectivity index (χ0v) is 13.7. The number of hydrogen-bond acceptors (Lipinski definition) is 3. The zero-order valence-electron chi connectivity index (χ0n) is 12.8. The number of benzene rings is 1. The van der Waals surface area contributed by atoms with Crippen LogP contribution in [0.4, 0.5) is 0 Å². The first-order valence-electron chi connectivity index (χ1n) is 7.25. The van der Waals surface area contributed by atoms with Gasteiger partial charge in [-0.05, 0) is 24.6 Å². The first-order valence-corrected chi connectivity index (χ1v) is 8.20. The highest BCUT2D eigenvalue weighted by Crippen LogP contribution is 2.26. The van der Waals surface area contributed by atoms with Crippen LogP contribution in [0.15, 0.2) is 18.2 Å². The number of aryl methyl sites for hydroxylation is 1. The maximum absolute atomic E-state index is 12.8. The second kappa shape index (κ2) is 7.02. The van der Waals surface area contributed by atoms with E-state index in [9.17, 15) is 4.79 Å². The lowest BCUT2D eigenvalue weighted by Gasteiger charge is -2.35. The minimum absolute atomic E-state index is 0.114. The summed E-state index contributed by atoms with van der Waals surface area (Å²) < 4.78 is 0. The van der Waals surface area contributed by atoms with Gasteiger partial charge in [-0.3, -0.25) is 4.79 Å². The molecule has 1 aromatic carbocycles. The fraction of sp³-hybridized carbons (Fsp3) is 0.471. The minimum Gasteiger partial charge on any atom is -0.336 e. The molecule has 0 saturated carbocycles. The maximum Gasteiger partial charge on any atom is 0.254 e. The van der Waals surface area contributed by atoms with Crippen molar-refractivity contribution in [2.75, 3.05) is 19.6 Å². The van der Waals surface area contributed by atoms with Gasteiger partial charge in [-0.2, -0.15) is 11.8 Å². The number of hydrogen-bond donors (Lipinski definition) is 1. The lowest BCUT2D eigenvalue weighted by molar-refractivity contribution is 0.0752. The Morgan fingerprint density at radius 2 is 2.05 bits per heavy atom. The van der Waals surface area contributed by atoms with Crippen molar-refractivity contribution in [1.29, 1.82) is 0 Å². The van der Waals surface area contributed by atoms with Crippen LogP contribution in [0.3, 0.4) is 0 Å². The summed E-state index contributed by atoms with van der Waals surface area (Å²) in [6.07, 6.45) is 0. The van der Waals surface area contributed by atoms with Crippen LogP contribution < -0.4 is 5.73 Å². The molecule has 1 aliphatic rings. The lowest BCUT2D eigenvalue weighted by Crippen LogP contribution is -2.44. The maximum atomic E-state index is 12.8. The van der Waals surface area contributed by atoms with Crippen LogP contribution in [0.25, 0.3) is 0 Å². The van der Waals surface area contributed by atoms with E-state index < -0.39 is 0 Å². The first kappa shape index (κ1) is 15.9. The molecule has 4 heteroatoms. The Labute approximate surface area is 131 Å². The highest BCUT2D eigenvalue weighted by Gasteiger charge is 2.27. The van der Waals surface area contributed by atoms with Crippen molar-refractivity contribution in [3.05, 3.63) is 34.9 Å². The fourth-order valence-electron chi connectivity index (χ4n) is 2.60. The van der Waals surface area contributed by atoms with Crippen molar-refractivity contribution in [2.24, 2.45) is 5.73 Å². The van der Waals surface area contributed by atoms with E-state index in [1.165, 1.54) is 0 Å². The Hall–Kier alpha value is -1.44. The van der Waals surface area contributed by atoms with Gasteiger partial charge in [0.25, 0.3) is 5.91 Å². The number of nitrogens with two attached hydrogens (primary N) is 1. The SMILES string of the molecule is Cc1ccc(C#CCN)cc1C(=O)N1CC(C)SC(C)C1. The van der Waals surface area contributed by atoms with Gasteiger partial charge in [0, 0.05) is 34.7 Å². The molecular formula is C17H22N2OS. The van der Waals surface area contributed by atoms with E-state index in [-0.39, 0.29) is 5.91 Å².